The second-order valence-electron chi connectivity index (χ2n) is 8.58. The molecule has 35 heavy (non-hydrogen) atoms. The van der Waals surface area contributed by atoms with Crippen LogP contribution in [0.4, 0.5) is 8.78 Å². The van der Waals surface area contributed by atoms with E-state index < -0.39 is 5.41 Å². The number of nitrogens with zero attached hydrogens (tertiary/aromatic N) is 3. The van der Waals surface area contributed by atoms with Crippen LogP contribution in [-0.2, 0) is 17.7 Å². The molecule has 8 heteroatoms. The van der Waals surface area contributed by atoms with Gasteiger partial charge >= 0.3 is 0 Å². The highest BCUT2D eigenvalue weighted by Gasteiger charge is 2.33. The highest BCUT2D eigenvalue weighted by molar-refractivity contribution is 7.98. The summed E-state index contributed by atoms with van der Waals surface area (Å²) < 4.78 is 29.7. The summed E-state index contributed by atoms with van der Waals surface area (Å²) in [5, 5.41) is 10.8. The molecule has 1 aromatic heterocycles. The van der Waals surface area contributed by atoms with Crippen molar-refractivity contribution in [2.75, 3.05) is 0 Å². The van der Waals surface area contributed by atoms with Crippen molar-refractivity contribution in [3.63, 3.8) is 0 Å². The van der Waals surface area contributed by atoms with Crippen molar-refractivity contribution in [2.45, 2.75) is 49.1 Å². The number of allylic oxidation sites excluding steroid dienone is 4. The van der Waals surface area contributed by atoms with E-state index in [1.807, 2.05) is 18.3 Å². The van der Waals surface area contributed by atoms with Crippen LogP contribution in [0.15, 0.2) is 71.8 Å². The lowest BCUT2D eigenvalue weighted by molar-refractivity contribution is 0.460. The monoisotopic (exact) mass is 529 g/mol. The fourth-order valence-corrected chi connectivity index (χ4v) is 5.80. The maximum absolute atomic E-state index is 14.2. The van der Waals surface area contributed by atoms with Crippen molar-refractivity contribution in [1.82, 2.24) is 9.55 Å². The maximum atomic E-state index is 14.2. The number of halogens is 4. The van der Waals surface area contributed by atoms with Crippen molar-refractivity contribution >= 4 is 35.0 Å². The van der Waals surface area contributed by atoms with Crippen LogP contribution in [0, 0.1) is 17.1 Å². The highest BCUT2D eigenvalue weighted by Crippen LogP contribution is 2.41. The van der Waals surface area contributed by atoms with E-state index in [0.29, 0.717) is 34.3 Å². The molecule has 0 fully saturated rings. The lowest BCUT2D eigenvalue weighted by atomic mass is 9.75. The summed E-state index contributed by atoms with van der Waals surface area (Å²) in [6.07, 6.45) is 8.82. The largest absolute Gasteiger partial charge is 0.318 e. The van der Waals surface area contributed by atoms with Crippen LogP contribution in [0.3, 0.4) is 0 Å². The van der Waals surface area contributed by atoms with Gasteiger partial charge in [-0.1, -0.05) is 53.2 Å². The van der Waals surface area contributed by atoms with E-state index >= 15 is 0 Å². The third-order valence-electron chi connectivity index (χ3n) is 6.27. The zero-order chi connectivity index (χ0) is 25.0. The molecular formula is C27H23Cl2F2N3S. The fourth-order valence-electron chi connectivity index (χ4n) is 4.28. The molecule has 0 N–H and O–H groups in total. The first-order valence-electron chi connectivity index (χ1n) is 11.2. The van der Waals surface area contributed by atoms with Crippen LogP contribution in [0.1, 0.15) is 48.6 Å². The standard InChI is InChI=1S/C27H23Cl2F2N3S/c1-27(20-9-7-18(15-32)23(28)13-20)11-3-2-5-21(30)6-4-12-34-25(27)16-33-26(34)35-17-19-8-10-22(31)14-24(19)29/h4-10,13-14,16H,2-3,11-12,17H2,1H3. The Bertz CT molecular complexity index is 1340. The minimum absolute atomic E-state index is 0.260. The quantitative estimate of drug-likeness (QED) is 0.318. The van der Waals surface area contributed by atoms with Gasteiger partial charge in [-0.2, -0.15) is 5.26 Å². The third kappa shape index (κ3) is 5.64. The molecule has 1 aliphatic heterocycles. The summed E-state index contributed by atoms with van der Waals surface area (Å²) in [6.45, 7) is 2.56. The Kier molecular flexibility index (Phi) is 8.01. The molecule has 1 unspecified atom stereocenters. The normalized spacial score (nSPS) is 18.3. The van der Waals surface area contributed by atoms with Crippen molar-refractivity contribution in [1.29, 1.82) is 5.26 Å². The number of hydrogen-bond donors (Lipinski definition) is 0. The summed E-state index contributed by atoms with van der Waals surface area (Å²) in [5.74, 6) is -0.133. The van der Waals surface area contributed by atoms with Gasteiger partial charge in [0.15, 0.2) is 5.16 Å². The second kappa shape index (κ2) is 11.0. The number of rotatable bonds is 4. The SMILES string of the molecule is CC1(c2ccc(C#N)c(Cl)c2)CCCC=C(F)C=CCn2c1cnc2SCc1ccc(F)cc1Cl. The Labute approximate surface area is 218 Å². The van der Waals surface area contributed by atoms with Crippen LogP contribution in [0.25, 0.3) is 0 Å². The minimum Gasteiger partial charge on any atom is -0.318 e. The van der Waals surface area contributed by atoms with Crippen molar-refractivity contribution < 1.29 is 8.78 Å². The van der Waals surface area contributed by atoms with Gasteiger partial charge in [-0.25, -0.2) is 13.8 Å². The van der Waals surface area contributed by atoms with Crippen LogP contribution in [-0.4, -0.2) is 9.55 Å². The van der Waals surface area contributed by atoms with Crippen LogP contribution in [0.2, 0.25) is 10.0 Å². The van der Waals surface area contributed by atoms with E-state index in [-0.39, 0.29) is 11.6 Å². The molecule has 0 amide bonds. The molecule has 3 aromatic rings. The van der Waals surface area contributed by atoms with E-state index in [2.05, 4.69) is 17.6 Å². The second-order valence-corrected chi connectivity index (χ2v) is 10.3. The number of aromatic nitrogens is 2. The summed E-state index contributed by atoms with van der Waals surface area (Å²) in [7, 11) is 0. The lowest BCUT2D eigenvalue weighted by Crippen LogP contribution is -2.27. The van der Waals surface area contributed by atoms with Gasteiger partial charge in [-0.3, -0.25) is 0 Å². The topological polar surface area (TPSA) is 41.6 Å². The molecule has 2 aromatic carbocycles. The van der Waals surface area contributed by atoms with Gasteiger partial charge in [-0.05, 0) is 73.7 Å². The van der Waals surface area contributed by atoms with Gasteiger partial charge in [0.1, 0.15) is 17.7 Å². The molecule has 3 nitrogen and oxygen atoms in total. The van der Waals surface area contributed by atoms with E-state index in [1.54, 1.807) is 24.3 Å². The first-order valence-corrected chi connectivity index (χ1v) is 12.9. The van der Waals surface area contributed by atoms with Crippen molar-refractivity contribution in [3.05, 3.63) is 105 Å². The molecule has 1 aliphatic rings. The van der Waals surface area contributed by atoms with Crippen molar-refractivity contribution in [3.8, 4) is 6.07 Å². The minimum atomic E-state index is -0.473. The summed E-state index contributed by atoms with van der Waals surface area (Å²) in [6, 6.07) is 12.0. The Morgan fingerprint density at radius 2 is 2.00 bits per heavy atom. The van der Waals surface area contributed by atoms with Crippen LogP contribution in [0.5, 0.6) is 0 Å². The average molecular weight is 530 g/mol. The molecule has 1 atom stereocenters. The van der Waals surface area contributed by atoms with E-state index in [9.17, 15) is 14.0 Å². The molecule has 0 spiro atoms. The average Bonchev–Trinajstić information content (AvgIpc) is 3.23. The molecule has 2 heterocycles. The van der Waals surface area contributed by atoms with Crippen molar-refractivity contribution in [2.24, 2.45) is 0 Å². The smallest absolute Gasteiger partial charge is 0.168 e. The number of hydrogen-bond acceptors (Lipinski definition) is 3. The first kappa shape index (κ1) is 25.5. The predicted molar refractivity (Wildman–Crippen MR) is 138 cm³/mol. The van der Waals surface area contributed by atoms with E-state index in [1.165, 1.54) is 30.0 Å². The predicted octanol–water partition coefficient (Wildman–Crippen LogP) is 8.39. The van der Waals surface area contributed by atoms with Gasteiger partial charge in [-0.15, -0.1) is 0 Å². The molecule has 4 rings (SSSR count). The van der Waals surface area contributed by atoms with Crippen LogP contribution < -0.4 is 0 Å². The van der Waals surface area contributed by atoms with E-state index in [4.69, 9.17) is 28.2 Å². The molecule has 0 radical (unpaired) electrons. The zero-order valence-electron chi connectivity index (χ0n) is 19.1. The number of imidazole rings is 1. The summed E-state index contributed by atoms with van der Waals surface area (Å²) >= 11 is 14.1. The first-order chi connectivity index (χ1) is 16.8. The molecule has 0 saturated carbocycles. The van der Waals surface area contributed by atoms with Gasteiger partial charge in [0.25, 0.3) is 0 Å². The maximum Gasteiger partial charge on any atom is 0.168 e. The Morgan fingerprint density at radius 3 is 2.74 bits per heavy atom. The Morgan fingerprint density at radius 1 is 1.17 bits per heavy atom. The molecule has 180 valence electrons. The number of benzene rings is 2. The van der Waals surface area contributed by atoms with Gasteiger partial charge in [0, 0.05) is 28.4 Å². The van der Waals surface area contributed by atoms with E-state index in [0.717, 1.165) is 34.8 Å². The molecule has 0 bridgehead atoms. The zero-order valence-corrected chi connectivity index (χ0v) is 21.4. The summed E-state index contributed by atoms with van der Waals surface area (Å²) in [5.41, 5.74) is 2.69. The third-order valence-corrected chi connectivity index (χ3v) is 7.97. The summed E-state index contributed by atoms with van der Waals surface area (Å²) in [4.78, 5) is 4.71. The molecular weight excluding hydrogens is 507 g/mol. The Hall–Kier alpha value is -2.59. The van der Waals surface area contributed by atoms with Crippen LogP contribution >= 0.6 is 35.0 Å². The Balaban J connectivity index is 1.76. The number of thioether (sulfide) groups is 1. The number of nitriles is 1. The molecule has 0 saturated heterocycles. The van der Waals surface area contributed by atoms with Gasteiger partial charge in [0.2, 0.25) is 0 Å². The lowest BCUT2D eigenvalue weighted by Gasteiger charge is -2.32. The van der Waals surface area contributed by atoms with Gasteiger partial charge < -0.3 is 4.57 Å². The number of fused-ring (bicyclic) bond motifs is 1. The van der Waals surface area contributed by atoms with Gasteiger partial charge in [0.05, 0.1) is 16.8 Å². The highest BCUT2D eigenvalue weighted by atomic mass is 35.5. The fraction of sp³-hybridized carbons (Fsp3) is 0.259. The molecule has 0 aliphatic carbocycles.